The van der Waals surface area contributed by atoms with Gasteiger partial charge in [0.25, 0.3) is 0 Å². The molecule has 0 radical (unpaired) electrons. The molecule has 1 heterocycles. The number of nitrogens with one attached hydrogen (secondary N) is 1. The summed E-state index contributed by atoms with van der Waals surface area (Å²) < 4.78 is 0. The Kier molecular flexibility index (Phi) is 4.13. The van der Waals surface area contributed by atoms with Crippen molar-refractivity contribution in [2.75, 3.05) is 0 Å². The van der Waals surface area contributed by atoms with E-state index in [9.17, 15) is 9.59 Å². The zero-order valence-electron chi connectivity index (χ0n) is 12.0. The van der Waals surface area contributed by atoms with Crippen molar-refractivity contribution in [3.63, 3.8) is 0 Å². The average Bonchev–Trinajstić information content (AvgIpc) is 2.71. The number of hydrogen-bond donors (Lipinski definition) is 2. The third-order valence-electron chi connectivity index (χ3n) is 3.66. The van der Waals surface area contributed by atoms with Crippen molar-refractivity contribution in [2.45, 2.75) is 45.6 Å². The van der Waals surface area contributed by atoms with Gasteiger partial charge in [-0.1, -0.05) is 20.8 Å². The summed E-state index contributed by atoms with van der Waals surface area (Å²) in [7, 11) is 0. The van der Waals surface area contributed by atoms with E-state index < -0.39 is 11.9 Å². The molecule has 1 aromatic heterocycles. The van der Waals surface area contributed by atoms with Gasteiger partial charge in [-0.05, 0) is 12.8 Å². The van der Waals surface area contributed by atoms with E-state index in [-0.39, 0.29) is 17.2 Å². The number of amides is 1. The van der Waals surface area contributed by atoms with Crippen LogP contribution < -0.4 is 5.32 Å². The lowest BCUT2D eigenvalue weighted by molar-refractivity contribution is -0.152. The summed E-state index contributed by atoms with van der Waals surface area (Å²) in [4.78, 5) is 27.3. The lowest BCUT2D eigenvalue weighted by Crippen LogP contribution is -2.43. The van der Waals surface area contributed by atoms with Crippen molar-refractivity contribution in [2.24, 2.45) is 11.8 Å². The molecule has 0 spiro atoms. The van der Waals surface area contributed by atoms with Gasteiger partial charge in [0, 0.05) is 10.8 Å². The van der Waals surface area contributed by atoms with E-state index in [4.69, 9.17) is 5.11 Å². The largest absolute Gasteiger partial charge is 0.481 e. The molecule has 1 saturated carbocycles. The second kappa shape index (κ2) is 5.52. The van der Waals surface area contributed by atoms with Gasteiger partial charge in [0.2, 0.25) is 5.91 Å². The highest BCUT2D eigenvalue weighted by Gasteiger charge is 2.41. The first-order valence-corrected chi connectivity index (χ1v) is 7.62. The summed E-state index contributed by atoms with van der Waals surface area (Å²) >= 11 is 1.52. The summed E-state index contributed by atoms with van der Waals surface area (Å²) in [6.07, 6.45) is 1.26. The van der Waals surface area contributed by atoms with Crippen LogP contribution in [0.1, 0.15) is 44.3 Å². The van der Waals surface area contributed by atoms with Crippen LogP contribution in [0.2, 0.25) is 0 Å². The molecule has 0 aliphatic heterocycles. The van der Waals surface area contributed by atoms with Crippen molar-refractivity contribution in [1.29, 1.82) is 0 Å². The molecular weight excluding hydrogens is 276 g/mol. The van der Waals surface area contributed by atoms with Crippen LogP contribution in [0.5, 0.6) is 0 Å². The molecule has 2 unspecified atom stereocenters. The molecule has 1 aromatic rings. The minimum atomic E-state index is -0.874. The number of thiazole rings is 1. The summed E-state index contributed by atoms with van der Waals surface area (Å²) in [5, 5.41) is 14.6. The Bertz CT molecular complexity index is 519. The van der Waals surface area contributed by atoms with E-state index >= 15 is 0 Å². The second-order valence-corrected chi connectivity index (χ2v) is 7.17. The first-order valence-electron chi connectivity index (χ1n) is 6.74. The smallest absolute Gasteiger partial charge is 0.307 e. The van der Waals surface area contributed by atoms with Gasteiger partial charge in [0.15, 0.2) is 0 Å². The highest BCUT2D eigenvalue weighted by atomic mass is 32.1. The number of carboxylic acids is 1. The highest BCUT2D eigenvalue weighted by molar-refractivity contribution is 7.09. The maximum Gasteiger partial charge on any atom is 0.307 e. The van der Waals surface area contributed by atoms with Crippen molar-refractivity contribution in [1.82, 2.24) is 10.3 Å². The Balaban J connectivity index is 1.88. The number of carbonyl (C=O) groups is 2. The third kappa shape index (κ3) is 3.17. The second-order valence-electron chi connectivity index (χ2n) is 6.22. The molecule has 0 saturated heterocycles. The van der Waals surface area contributed by atoms with E-state index in [0.29, 0.717) is 19.4 Å². The summed E-state index contributed by atoms with van der Waals surface area (Å²) in [6, 6.07) is 0. The van der Waals surface area contributed by atoms with Crippen LogP contribution in [-0.4, -0.2) is 22.0 Å². The molecule has 110 valence electrons. The van der Waals surface area contributed by atoms with E-state index in [1.54, 1.807) is 0 Å². The van der Waals surface area contributed by atoms with Crippen molar-refractivity contribution in [3.8, 4) is 0 Å². The van der Waals surface area contributed by atoms with E-state index in [1.165, 1.54) is 11.3 Å². The third-order valence-corrected chi connectivity index (χ3v) is 4.51. The first kappa shape index (κ1) is 15.0. The normalized spacial score (nSPS) is 22.1. The predicted molar refractivity (Wildman–Crippen MR) is 76.5 cm³/mol. The number of hydrogen-bond acceptors (Lipinski definition) is 4. The molecule has 0 aromatic carbocycles. The molecular formula is C14H20N2O3S. The fourth-order valence-electron chi connectivity index (χ4n) is 2.14. The SMILES string of the molecule is CC(C)(C)c1csc(CNC(=O)C2CCC2C(=O)O)n1. The molecule has 5 nitrogen and oxygen atoms in total. The Hall–Kier alpha value is -1.43. The minimum Gasteiger partial charge on any atom is -0.481 e. The van der Waals surface area contributed by atoms with Crippen LogP contribution in [0.3, 0.4) is 0 Å². The first-order chi connectivity index (χ1) is 9.29. The lowest BCUT2D eigenvalue weighted by atomic mass is 9.73. The van der Waals surface area contributed by atoms with Crippen LogP contribution in [-0.2, 0) is 21.5 Å². The van der Waals surface area contributed by atoms with Crippen molar-refractivity contribution < 1.29 is 14.7 Å². The van der Waals surface area contributed by atoms with Crippen molar-refractivity contribution >= 4 is 23.2 Å². The zero-order valence-corrected chi connectivity index (χ0v) is 12.8. The molecule has 1 amide bonds. The number of carbonyl (C=O) groups excluding carboxylic acids is 1. The van der Waals surface area contributed by atoms with Gasteiger partial charge in [-0.2, -0.15) is 0 Å². The fraction of sp³-hybridized carbons (Fsp3) is 0.643. The molecule has 1 aliphatic rings. The molecule has 1 fully saturated rings. The Morgan fingerprint density at radius 1 is 1.40 bits per heavy atom. The zero-order chi connectivity index (χ0) is 14.9. The topological polar surface area (TPSA) is 79.3 Å². The highest BCUT2D eigenvalue weighted by Crippen LogP contribution is 2.34. The van der Waals surface area contributed by atoms with Crippen LogP contribution in [0.15, 0.2) is 5.38 Å². The van der Waals surface area contributed by atoms with E-state index in [0.717, 1.165) is 10.7 Å². The van der Waals surface area contributed by atoms with Crippen LogP contribution in [0.4, 0.5) is 0 Å². The summed E-state index contributed by atoms with van der Waals surface area (Å²) in [5.41, 5.74) is 1.01. The maximum atomic E-state index is 11.9. The van der Waals surface area contributed by atoms with Gasteiger partial charge in [-0.3, -0.25) is 9.59 Å². The molecule has 6 heteroatoms. The average molecular weight is 296 g/mol. The van der Waals surface area contributed by atoms with Gasteiger partial charge in [0.1, 0.15) is 5.01 Å². The van der Waals surface area contributed by atoms with Crippen LogP contribution in [0, 0.1) is 11.8 Å². The van der Waals surface area contributed by atoms with E-state index in [1.807, 2.05) is 5.38 Å². The molecule has 2 rings (SSSR count). The Labute approximate surface area is 122 Å². The lowest BCUT2D eigenvalue weighted by Gasteiger charge is -2.31. The fourth-order valence-corrected chi connectivity index (χ4v) is 3.10. The molecule has 20 heavy (non-hydrogen) atoms. The number of aliphatic carboxylic acids is 1. The van der Waals surface area contributed by atoms with Crippen molar-refractivity contribution in [3.05, 3.63) is 16.1 Å². The summed E-state index contributed by atoms with van der Waals surface area (Å²) in [5.74, 6) is -1.94. The molecule has 0 bridgehead atoms. The van der Waals surface area contributed by atoms with Crippen LogP contribution >= 0.6 is 11.3 Å². The van der Waals surface area contributed by atoms with Gasteiger partial charge in [-0.15, -0.1) is 11.3 Å². The number of nitrogens with zero attached hydrogens (tertiary/aromatic N) is 1. The van der Waals surface area contributed by atoms with Gasteiger partial charge >= 0.3 is 5.97 Å². The standard InChI is InChI=1S/C14H20N2O3S/c1-14(2,3)10-7-20-11(16-10)6-15-12(17)8-4-5-9(8)13(18)19/h7-9H,4-6H2,1-3H3,(H,15,17)(H,18,19). The molecule has 2 atom stereocenters. The Morgan fingerprint density at radius 3 is 2.50 bits per heavy atom. The predicted octanol–water partition coefficient (Wildman–Crippen LogP) is 2.17. The summed E-state index contributed by atoms with van der Waals surface area (Å²) in [6.45, 7) is 6.66. The quantitative estimate of drug-likeness (QED) is 0.892. The van der Waals surface area contributed by atoms with Gasteiger partial charge in [-0.25, -0.2) is 4.98 Å². The van der Waals surface area contributed by atoms with Gasteiger partial charge < -0.3 is 10.4 Å². The van der Waals surface area contributed by atoms with E-state index in [2.05, 4.69) is 31.1 Å². The molecule has 1 aliphatic carbocycles. The Morgan fingerprint density at radius 2 is 2.05 bits per heavy atom. The number of rotatable bonds is 4. The van der Waals surface area contributed by atoms with Gasteiger partial charge in [0.05, 0.1) is 24.1 Å². The monoisotopic (exact) mass is 296 g/mol. The van der Waals surface area contributed by atoms with Crippen LogP contribution in [0.25, 0.3) is 0 Å². The number of aromatic nitrogens is 1. The minimum absolute atomic E-state index is 0.00113. The number of carboxylic acid groups (broad SMARTS) is 1. The molecule has 2 N–H and O–H groups in total. The maximum absolute atomic E-state index is 11.9.